The molecule has 0 saturated carbocycles. The maximum absolute atomic E-state index is 10.0. The fourth-order valence-electron chi connectivity index (χ4n) is 5.38. The molecule has 1 aliphatic rings. The Kier molecular flexibility index (Phi) is 5.41. The van der Waals surface area contributed by atoms with E-state index in [1.54, 1.807) is 6.33 Å². The van der Waals surface area contributed by atoms with E-state index in [1.165, 1.54) is 21.9 Å². The molecule has 5 aromatic rings. The van der Waals surface area contributed by atoms with Gasteiger partial charge in [-0.15, -0.1) is 0 Å². The molecular formula is C31H25N3O. The van der Waals surface area contributed by atoms with Gasteiger partial charge in [0.1, 0.15) is 6.10 Å². The zero-order chi connectivity index (χ0) is 23.8. The molecule has 1 aromatic heterocycles. The number of aromatic nitrogens is 2. The maximum atomic E-state index is 10.0. The summed E-state index contributed by atoms with van der Waals surface area (Å²) < 4.78 is 8.51. The lowest BCUT2D eigenvalue weighted by Gasteiger charge is -2.22. The van der Waals surface area contributed by atoms with Gasteiger partial charge in [-0.2, -0.15) is 5.26 Å². The first-order chi connectivity index (χ1) is 17.2. The number of benzene rings is 4. The minimum absolute atomic E-state index is 0.145. The second kappa shape index (κ2) is 8.87. The molecule has 0 amide bonds. The first-order valence-corrected chi connectivity index (χ1v) is 11.9. The van der Waals surface area contributed by atoms with E-state index in [0.717, 1.165) is 34.4 Å². The number of nitrogens with zero attached hydrogens (tertiary/aromatic N) is 3. The van der Waals surface area contributed by atoms with E-state index in [1.807, 2.05) is 48.1 Å². The number of rotatable bonds is 6. The molecule has 4 aromatic carbocycles. The first-order valence-electron chi connectivity index (χ1n) is 11.9. The third kappa shape index (κ3) is 3.80. The lowest BCUT2D eigenvalue weighted by atomic mass is 9.87. The number of ether oxygens (including phenoxy) is 1. The summed E-state index contributed by atoms with van der Waals surface area (Å²) in [7, 11) is 1.99. The van der Waals surface area contributed by atoms with Gasteiger partial charge < -0.3 is 9.30 Å². The lowest BCUT2D eigenvalue weighted by molar-refractivity contribution is 0.0621. The summed E-state index contributed by atoms with van der Waals surface area (Å²) in [6.07, 6.45) is 4.26. The van der Waals surface area contributed by atoms with Gasteiger partial charge in [-0.05, 0) is 51.1 Å². The Morgan fingerprint density at radius 2 is 1.83 bits per heavy atom. The molecule has 4 nitrogen and oxygen atoms in total. The zero-order valence-electron chi connectivity index (χ0n) is 19.6. The van der Waals surface area contributed by atoms with Gasteiger partial charge in [0.15, 0.2) is 0 Å². The van der Waals surface area contributed by atoms with Gasteiger partial charge in [-0.25, -0.2) is 4.98 Å². The van der Waals surface area contributed by atoms with E-state index in [9.17, 15) is 5.26 Å². The molecule has 0 N–H and O–H groups in total. The summed E-state index contributed by atoms with van der Waals surface area (Å²) >= 11 is 0. The van der Waals surface area contributed by atoms with Crippen LogP contribution in [0.2, 0.25) is 0 Å². The van der Waals surface area contributed by atoms with Crippen molar-refractivity contribution in [2.75, 3.05) is 0 Å². The number of hydrogen-bond donors (Lipinski definition) is 0. The van der Waals surface area contributed by atoms with E-state index in [-0.39, 0.29) is 12.0 Å². The average Bonchev–Trinajstić information content (AvgIpc) is 3.50. The summed E-state index contributed by atoms with van der Waals surface area (Å²) in [6, 6.07) is 31.8. The van der Waals surface area contributed by atoms with Gasteiger partial charge in [0.05, 0.1) is 36.5 Å². The summed E-state index contributed by atoms with van der Waals surface area (Å²) in [4.78, 5) is 4.34. The van der Waals surface area contributed by atoms with Gasteiger partial charge in [0.25, 0.3) is 0 Å². The quantitative estimate of drug-likeness (QED) is 0.296. The van der Waals surface area contributed by atoms with Gasteiger partial charge in [0, 0.05) is 13.0 Å². The number of hydrogen-bond acceptors (Lipinski definition) is 3. The molecule has 4 heteroatoms. The number of aryl methyl sites for hydroxylation is 1. The lowest BCUT2D eigenvalue weighted by Crippen LogP contribution is -2.12. The van der Waals surface area contributed by atoms with Crippen molar-refractivity contribution in [1.82, 2.24) is 9.55 Å². The Morgan fingerprint density at radius 3 is 2.60 bits per heavy atom. The molecular weight excluding hydrogens is 430 g/mol. The SMILES string of the molecule is Cn1cncc1C(OCc1ccccc1)c1ccc(C#N)c(C2Cc3cccc4cccc2c34)c1. The van der Waals surface area contributed by atoms with Crippen LogP contribution in [0.5, 0.6) is 0 Å². The smallest absolute Gasteiger partial charge is 0.124 e. The topological polar surface area (TPSA) is 50.8 Å². The standard InChI is InChI=1S/C31H25N3O/c1-34-20-33-18-29(34)31(35-19-21-7-3-2-4-8-21)24-13-14-25(17-32)27(16-24)28-15-23-11-5-9-22-10-6-12-26(28)30(22)23/h2-14,16,18,20,28,31H,15,19H2,1H3. The van der Waals surface area contributed by atoms with Crippen molar-refractivity contribution in [2.24, 2.45) is 7.05 Å². The van der Waals surface area contributed by atoms with Crippen LogP contribution in [0.15, 0.2) is 97.5 Å². The van der Waals surface area contributed by atoms with Crippen LogP contribution in [-0.2, 0) is 24.8 Å². The van der Waals surface area contributed by atoms with Gasteiger partial charge >= 0.3 is 0 Å². The molecule has 2 atom stereocenters. The van der Waals surface area contributed by atoms with Gasteiger partial charge in [-0.3, -0.25) is 0 Å². The van der Waals surface area contributed by atoms with Crippen LogP contribution >= 0.6 is 0 Å². The van der Waals surface area contributed by atoms with Crippen molar-refractivity contribution in [3.05, 3.63) is 137 Å². The predicted octanol–water partition coefficient (Wildman–Crippen LogP) is 6.44. The van der Waals surface area contributed by atoms with Crippen LogP contribution < -0.4 is 0 Å². The van der Waals surface area contributed by atoms with Crippen molar-refractivity contribution >= 4 is 10.8 Å². The largest absolute Gasteiger partial charge is 0.363 e. The van der Waals surface area contributed by atoms with Crippen molar-refractivity contribution in [2.45, 2.75) is 25.0 Å². The zero-order valence-corrected chi connectivity index (χ0v) is 19.6. The first kappa shape index (κ1) is 21.3. The Morgan fingerprint density at radius 1 is 1.00 bits per heavy atom. The van der Waals surface area contributed by atoms with Crippen molar-refractivity contribution in [3.63, 3.8) is 0 Å². The van der Waals surface area contributed by atoms with Crippen LogP contribution in [-0.4, -0.2) is 9.55 Å². The highest BCUT2D eigenvalue weighted by atomic mass is 16.5. The van der Waals surface area contributed by atoms with Crippen molar-refractivity contribution in [1.29, 1.82) is 5.26 Å². The van der Waals surface area contributed by atoms with E-state index in [0.29, 0.717) is 6.61 Å². The van der Waals surface area contributed by atoms with Crippen LogP contribution in [0.4, 0.5) is 0 Å². The van der Waals surface area contributed by atoms with Crippen LogP contribution in [0.25, 0.3) is 10.8 Å². The normalized spacial score (nSPS) is 15.3. The molecule has 1 aliphatic carbocycles. The fourth-order valence-corrected chi connectivity index (χ4v) is 5.38. The molecule has 0 spiro atoms. The van der Waals surface area contributed by atoms with E-state index < -0.39 is 0 Å². The molecule has 1 heterocycles. The van der Waals surface area contributed by atoms with Gasteiger partial charge in [0.2, 0.25) is 0 Å². The Bertz CT molecular complexity index is 1560. The van der Waals surface area contributed by atoms with Crippen molar-refractivity contribution in [3.8, 4) is 6.07 Å². The number of nitriles is 1. The average molecular weight is 456 g/mol. The third-order valence-corrected chi connectivity index (χ3v) is 7.08. The third-order valence-electron chi connectivity index (χ3n) is 7.08. The van der Waals surface area contributed by atoms with E-state index in [4.69, 9.17) is 4.74 Å². The van der Waals surface area contributed by atoms with E-state index in [2.05, 4.69) is 65.7 Å². The van der Waals surface area contributed by atoms with Crippen LogP contribution in [0, 0.1) is 11.3 Å². The van der Waals surface area contributed by atoms with Crippen LogP contribution in [0.3, 0.4) is 0 Å². The van der Waals surface area contributed by atoms with Crippen LogP contribution in [0.1, 0.15) is 51.1 Å². The van der Waals surface area contributed by atoms with E-state index >= 15 is 0 Å². The summed E-state index contributed by atoms with van der Waals surface area (Å²) in [5.41, 5.74) is 7.55. The fraction of sp³-hybridized carbons (Fsp3) is 0.161. The minimum Gasteiger partial charge on any atom is -0.363 e. The highest BCUT2D eigenvalue weighted by Crippen LogP contribution is 2.43. The molecule has 2 unspecified atom stereocenters. The van der Waals surface area contributed by atoms with Crippen molar-refractivity contribution < 1.29 is 4.74 Å². The highest BCUT2D eigenvalue weighted by molar-refractivity contribution is 5.92. The molecule has 0 fully saturated rings. The summed E-state index contributed by atoms with van der Waals surface area (Å²) in [5, 5.41) is 12.6. The Balaban J connectivity index is 1.43. The predicted molar refractivity (Wildman–Crippen MR) is 137 cm³/mol. The Labute approximate surface area is 205 Å². The number of imidazole rings is 1. The molecule has 170 valence electrons. The minimum atomic E-state index is -0.297. The molecule has 0 radical (unpaired) electrons. The molecule has 35 heavy (non-hydrogen) atoms. The summed E-state index contributed by atoms with van der Waals surface area (Å²) in [5.74, 6) is 0.145. The Hall–Kier alpha value is -4.20. The molecule has 0 aliphatic heterocycles. The maximum Gasteiger partial charge on any atom is 0.124 e. The molecule has 0 bridgehead atoms. The molecule has 6 rings (SSSR count). The molecule has 0 saturated heterocycles. The van der Waals surface area contributed by atoms with Gasteiger partial charge in [-0.1, -0.05) is 78.9 Å². The monoisotopic (exact) mass is 455 g/mol. The second-order valence-electron chi connectivity index (χ2n) is 9.18. The summed E-state index contributed by atoms with van der Waals surface area (Å²) in [6.45, 7) is 0.486. The second-order valence-corrected chi connectivity index (χ2v) is 9.18. The highest BCUT2D eigenvalue weighted by Gasteiger charge is 2.29.